The lowest BCUT2D eigenvalue weighted by atomic mass is 9.91. The number of anilines is 1. The zero-order valence-electron chi connectivity index (χ0n) is 15.0. The summed E-state index contributed by atoms with van der Waals surface area (Å²) in [6, 6.07) is 12.7. The van der Waals surface area contributed by atoms with Crippen LogP contribution in [0.1, 0.15) is 24.8 Å². The van der Waals surface area contributed by atoms with Gasteiger partial charge in [-0.3, -0.25) is 9.59 Å². The molecule has 3 rings (SSSR count). The lowest BCUT2D eigenvalue weighted by Crippen LogP contribution is -2.45. The molecule has 27 heavy (non-hydrogen) atoms. The molecular weight excluding hydrogens is 350 g/mol. The van der Waals surface area contributed by atoms with Gasteiger partial charge in [-0.1, -0.05) is 24.3 Å². The Morgan fingerprint density at radius 2 is 1.74 bits per heavy atom. The number of nitrogens with one attached hydrogen (secondary N) is 1. The predicted octanol–water partition coefficient (Wildman–Crippen LogP) is 3.77. The van der Waals surface area contributed by atoms with Crippen molar-refractivity contribution in [2.24, 2.45) is 5.92 Å². The molecule has 0 radical (unpaired) electrons. The lowest BCUT2D eigenvalue weighted by molar-refractivity contribution is -0.144. The summed E-state index contributed by atoms with van der Waals surface area (Å²) < 4.78 is 27.5. The molecule has 1 aliphatic heterocycles. The molecule has 142 valence electrons. The van der Waals surface area contributed by atoms with E-state index in [1.165, 1.54) is 23.1 Å². The third-order valence-corrected chi connectivity index (χ3v) is 4.90. The summed E-state index contributed by atoms with van der Waals surface area (Å²) >= 11 is 0. The van der Waals surface area contributed by atoms with Gasteiger partial charge in [0.25, 0.3) is 0 Å². The molecule has 0 aromatic heterocycles. The number of halogens is 2. The minimum Gasteiger partial charge on any atom is -0.334 e. The van der Waals surface area contributed by atoms with Gasteiger partial charge in [-0.2, -0.15) is 0 Å². The summed E-state index contributed by atoms with van der Waals surface area (Å²) in [5, 5.41) is 2.60. The van der Waals surface area contributed by atoms with Crippen molar-refractivity contribution in [2.75, 3.05) is 18.4 Å². The monoisotopic (exact) mass is 372 g/mol. The van der Waals surface area contributed by atoms with Gasteiger partial charge < -0.3 is 10.2 Å². The number of piperidine rings is 1. The van der Waals surface area contributed by atoms with Gasteiger partial charge in [0.15, 0.2) is 0 Å². The molecule has 1 N–H and O–H groups in total. The fraction of sp³-hybridized carbons (Fsp3) is 0.333. The van der Waals surface area contributed by atoms with Gasteiger partial charge in [0, 0.05) is 24.3 Å². The number of benzene rings is 2. The minimum atomic E-state index is -0.665. The van der Waals surface area contributed by atoms with E-state index in [2.05, 4.69) is 5.32 Å². The quantitative estimate of drug-likeness (QED) is 0.831. The summed E-state index contributed by atoms with van der Waals surface area (Å²) in [7, 11) is 0. The largest absolute Gasteiger partial charge is 0.334 e. The van der Waals surface area contributed by atoms with Crippen LogP contribution in [0.25, 0.3) is 0 Å². The van der Waals surface area contributed by atoms with Crippen LogP contribution in [-0.2, 0) is 16.0 Å². The fourth-order valence-corrected chi connectivity index (χ4v) is 3.45. The van der Waals surface area contributed by atoms with E-state index in [1.807, 2.05) is 6.07 Å². The van der Waals surface area contributed by atoms with Crippen LogP contribution in [0.4, 0.5) is 14.5 Å². The molecule has 6 heteroatoms. The molecule has 1 atom stereocenters. The first kappa shape index (κ1) is 19.0. The third kappa shape index (κ3) is 4.90. The van der Waals surface area contributed by atoms with Crippen molar-refractivity contribution in [3.63, 3.8) is 0 Å². The first-order valence-corrected chi connectivity index (χ1v) is 9.13. The van der Waals surface area contributed by atoms with Crippen molar-refractivity contribution in [3.8, 4) is 0 Å². The lowest BCUT2D eigenvalue weighted by Gasteiger charge is -2.32. The Hall–Kier alpha value is -2.76. The molecule has 2 amide bonds. The van der Waals surface area contributed by atoms with Crippen LogP contribution in [0.5, 0.6) is 0 Å². The fourth-order valence-electron chi connectivity index (χ4n) is 3.45. The van der Waals surface area contributed by atoms with E-state index >= 15 is 0 Å². The number of hydrogen-bond acceptors (Lipinski definition) is 2. The second-order valence-corrected chi connectivity index (χ2v) is 6.82. The molecule has 0 aliphatic carbocycles. The molecule has 0 bridgehead atoms. The number of likely N-dealkylation sites (tertiary alicyclic amines) is 1. The van der Waals surface area contributed by atoms with Crippen molar-refractivity contribution in [1.29, 1.82) is 0 Å². The number of carbonyl (C=O) groups excluding carboxylic acids is 2. The van der Waals surface area contributed by atoms with E-state index in [4.69, 9.17) is 0 Å². The molecule has 2 aromatic carbocycles. The van der Waals surface area contributed by atoms with Crippen molar-refractivity contribution >= 4 is 17.5 Å². The Labute approximate surface area is 157 Å². The standard InChI is InChI=1S/C21H22F2N2O2/c22-18-9-4-10-19(23)17(18)12-11-15-6-5-13-25(14-15)21(27)20(26)24-16-7-2-1-3-8-16/h1-4,7-10,15H,5-6,11-14H2,(H,24,26). The van der Waals surface area contributed by atoms with Gasteiger partial charge in [0.05, 0.1) is 0 Å². The number of hydrogen-bond donors (Lipinski definition) is 1. The van der Waals surface area contributed by atoms with Crippen molar-refractivity contribution in [1.82, 2.24) is 4.90 Å². The van der Waals surface area contributed by atoms with Gasteiger partial charge in [0.2, 0.25) is 0 Å². The van der Waals surface area contributed by atoms with Crippen LogP contribution in [0.2, 0.25) is 0 Å². The number of para-hydroxylation sites is 1. The average molecular weight is 372 g/mol. The summed E-state index contributed by atoms with van der Waals surface area (Å²) in [6.45, 7) is 0.947. The highest BCUT2D eigenvalue weighted by atomic mass is 19.1. The van der Waals surface area contributed by atoms with Gasteiger partial charge in [-0.15, -0.1) is 0 Å². The topological polar surface area (TPSA) is 49.4 Å². The molecule has 0 saturated carbocycles. The van der Waals surface area contributed by atoms with E-state index in [9.17, 15) is 18.4 Å². The average Bonchev–Trinajstić information content (AvgIpc) is 2.68. The van der Waals surface area contributed by atoms with Crippen LogP contribution >= 0.6 is 0 Å². The van der Waals surface area contributed by atoms with Crippen LogP contribution in [0, 0.1) is 17.6 Å². The summed E-state index contributed by atoms with van der Waals surface area (Å²) in [4.78, 5) is 26.1. The summed E-state index contributed by atoms with van der Waals surface area (Å²) in [5.41, 5.74) is 0.655. The molecule has 1 aliphatic rings. The zero-order valence-corrected chi connectivity index (χ0v) is 15.0. The third-order valence-electron chi connectivity index (χ3n) is 4.90. The van der Waals surface area contributed by atoms with Gasteiger partial charge in [-0.25, -0.2) is 8.78 Å². The number of carbonyl (C=O) groups is 2. The Kier molecular flexibility index (Phi) is 6.16. The highest BCUT2D eigenvalue weighted by molar-refractivity contribution is 6.39. The van der Waals surface area contributed by atoms with Gasteiger partial charge >= 0.3 is 11.8 Å². The first-order valence-electron chi connectivity index (χ1n) is 9.13. The van der Waals surface area contributed by atoms with Crippen LogP contribution in [0.3, 0.4) is 0 Å². The summed E-state index contributed by atoms with van der Waals surface area (Å²) in [6.07, 6.45) is 2.50. The van der Waals surface area contributed by atoms with Gasteiger partial charge in [-0.05, 0) is 55.9 Å². The van der Waals surface area contributed by atoms with Crippen LogP contribution in [-0.4, -0.2) is 29.8 Å². The molecule has 1 unspecified atom stereocenters. The van der Waals surface area contributed by atoms with E-state index < -0.39 is 23.4 Å². The van der Waals surface area contributed by atoms with Gasteiger partial charge in [0.1, 0.15) is 11.6 Å². The molecule has 1 fully saturated rings. The Morgan fingerprint density at radius 1 is 1.04 bits per heavy atom. The number of amides is 2. The van der Waals surface area contributed by atoms with E-state index in [1.54, 1.807) is 24.3 Å². The van der Waals surface area contributed by atoms with Crippen molar-refractivity contribution in [3.05, 3.63) is 65.7 Å². The molecule has 2 aromatic rings. The van der Waals surface area contributed by atoms with E-state index in [0.29, 0.717) is 25.2 Å². The van der Waals surface area contributed by atoms with E-state index in [-0.39, 0.29) is 17.9 Å². The van der Waals surface area contributed by atoms with E-state index in [0.717, 1.165) is 12.8 Å². The SMILES string of the molecule is O=C(Nc1ccccc1)C(=O)N1CCCC(CCc2c(F)cccc2F)C1. The van der Waals surface area contributed by atoms with Crippen molar-refractivity contribution < 1.29 is 18.4 Å². The predicted molar refractivity (Wildman–Crippen MR) is 99.1 cm³/mol. The van der Waals surface area contributed by atoms with Crippen LogP contribution < -0.4 is 5.32 Å². The van der Waals surface area contributed by atoms with Crippen molar-refractivity contribution in [2.45, 2.75) is 25.7 Å². The molecule has 1 saturated heterocycles. The van der Waals surface area contributed by atoms with Crippen LogP contribution in [0.15, 0.2) is 48.5 Å². The smallest absolute Gasteiger partial charge is 0.313 e. The first-order chi connectivity index (χ1) is 13.0. The second kappa shape index (κ2) is 8.75. The highest BCUT2D eigenvalue weighted by Gasteiger charge is 2.28. The molecular formula is C21H22F2N2O2. The Morgan fingerprint density at radius 3 is 2.44 bits per heavy atom. The number of rotatable bonds is 4. The zero-order chi connectivity index (χ0) is 19.2. The highest BCUT2D eigenvalue weighted by Crippen LogP contribution is 2.24. The normalized spacial score (nSPS) is 16.8. The number of nitrogens with zero attached hydrogens (tertiary/aromatic N) is 1. The maximum atomic E-state index is 13.8. The maximum absolute atomic E-state index is 13.8. The Balaban J connectivity index is 1.55. The molecule has 4 nitrogen and oxygen atoms in total. The molecule has 1 heterocycles. The maximum Gasteiger partial charge on any atom is 0.313 e. The second-order valence-electron chi connectivity index (χ2n) is 6.82. The Bertz CT molecular complexity index is 791. The minimum absolute atomic E-state index is 0.0859. The summed E-state index contributed by atoms with van der Waals surface area (Å²) in [5.74, 6) is -2.20. The molecule has 0 spiro atoms.